The lowest BCUT2D eigenvalue weighted by atomic mass is 9.80. The molecule has 1 heterocycles. The summed E-state index contributed by atoms with van der Waals surface area (Å²) in [4.78, 5) is 0. The standard InChI is InChI=1S/C29H50O2/c1-19(2)13-10-14-20(3)15-11-16-21(4)17-12-18-29(9)25(8)26-24(7)27(30)22(5)23(6)28(26)31-29/h19-21,25,30H,10-18H2,1-9H3. The predicted octanol–water partition coefficient (Wildman–Crippen LogP) is 9.01. The first-order valence-electron chi connectivity index (χ1n) is 13.0. The van der Waals surface area contributed by atoms with Gasteiger partial charge in [0.15, 0.2) is 0 Å². The first-order valence-corrected chi connectivity index (χ1v) is 13.0. The normalized spacial score (nSPS) is 22.5. The van der Waals surface area contributed by atoms with Crippen molar-refractivity contribution in [2.24, 2.45) is 17.8 Å². The number of ether oxygens (including phenoxy) is 1. The van der Waals surface area contributed by atoms with Gasteiger partial charge < -0.3 is 9.84 Å². The minimum absolute atomic E-state index is 0.164. The topological polar surface area (TPSA) is 29.5 Å². The molecule has 0 saturated heterocycles. The minimum atomic E-state index is -0.164. The molecule has 1 aliphatic rings. The fourth-order valence-electron chi connectivity index (χ4n) is 5.46. The van der Waals surface area contributed by atoms with Gasteiger partial charge in [-0.05, 0) is 75.0 Å². The van der Waals surface area contributed by atoms with Gasteiger partial charge >= 0.3 is 0 Å². The van der Waals surface area contributed by atoms with Crippen molar-refractivity contribution < 1.29 is 9.84 Å². The van der Waals surface area contributed by atoms with Crippen LogP contribution in [0.15, 0.2) is 0 Å². The molecule has 1 aromatic carbocycles. The monoisotopic (exact) mass is 430 g/mol. The Morgan fingerprint density at radius 3 is 1.87 bits per heavy atom. The zero-order chi connectivity index (χ0) is 23.3. The van der Waals surface area contributed by atoms with E-state index in [1.165, 1.54) is 56.9 Å². The quantitative estimate of drug-likeness (QED) is 0.358. The molecule has 0 fully saturated rings. The molecule has 0 aliphatic carbocycles. The minimum Gasteiger partial charge on any atom is -0.507 e. The Labute approximate surface area is 193 Å². The molecule has 0 saturated carbocycles. The molecule has 0 aromatic heterocycles. The highest BCUT2D eigenvalue weighted by molar-refractivity contribution is 5.61. The smallest absolute Gasteiger partial charge is 0.127 e. The van der Waals surface area contributed by atoms with Crippen LogP contribution in [0.4, 0.5) is 0 Å². The molecule has 4 atom stereocenters. The lowest BCUT2D eigenvalue weighted by Gasteiger charge is -2.29. The summed E-state index contributed by atoms with van der Waals surface area (Å²) < 4.78 is 6.59. The van der Waals surface area contributed by atoms with Gasteiger partial charge in [0.05, 0.1) is 0 Å². The molecule has 4 unspecified atom stereocenters. The summed E-state index contributed by atoms with van der Waals surface area (Å²) in [6.07, 6.45) is 11.9. The molecule has 1 aliphatic heterocycles. The third-order valence-electron chi connectivity index (χ3n) is 8.19. The summed E-state index contributed by atoms with van der Waals surface area (Å²) in [6.45, 7) is 20.2. The van der Waals surface area contributed by atoms with Gasteiger partial charge in [-0.15, -0.1) is 0 Å². The predicted molar refractivity (Wildman–Crippen MR) is 134 cm³/mol. The second-order valence-electron chi connectivity index (χ2n) is 11.5. The maximum atomic E-state index is 10.5. The molecule has 2 heteroatoms. The highest BCUT2D eigenvalue weighted by Gasteiger charge is 2.44. The molecule has 31 heavy (non-hydrogen) atoms. The second-order valence-corrected chi connectivity index (χ2v) is 11.5. The summed E-state index contributed by atoms with van der Waals surface area (Å²) in [5, 5.41) is 10.5. The summed E-state index contributed by atoms with van der Waals surface area (Å²) in [6, 6.07) is 0. The average Bonchev–Trinajstić information content (AvgIpc) is 2.96. The van der Waals surface area contributed by atoms with Crippen LogP contribution in [-0.4, -0.2) is 10.7 Å². The molecule has 0 radical (unpaired) electrons. The zero-order valence-electron chi connectivity index (χ0n) is 22.0. The number of aromatic hydroxyl groups is 1. The van der Waals surface area contributed by atoms with Crippen molar-refractivity contribution in [2.75, 3.05) is 0 Å². The molecule has 178 valence electrons. The molecule has 2 rings (SSSR count). The van der Waals surface area contributed by atoms with Crippen LogP contribution < -0.4 is 4.74 Å². The van der Waals surface area contributed by atoms with E-state index < -0.39 is 0 Å². The van der Waals surface area contributed by atoms with Crippen LogP contribution >= 0.6 is 0 Å². The van der Waals surface area contributed by atoms with Gasteiger partial charge in [-0.1, -0.05) is 79.6 Å². The number of hydrogen-bond donors (Lipinski definition) is 1. The van der Waals surface area contributed by atoms with E-state index in [0.717, 1.165) is 46.6 Å². The van der Waals surface area contributed by atoms with Gasteiger partial charge in [0.25, 0.3) is 0 Å². The first-order chi connectivity index (χ1) is 14.5. The van der Waals surface area contributed by atoms with Gasteiger partial charge in [0.2, 0.25) is 0 Å². The van der Waals surface area contributed by atoms with E-state index in [2.05, 4.69) is 48.5 Å². The van der Waals surface area contributed by atoms with Crippen molar-refractivity contribution >= 4 is 0 Å². The Kier molecular flexibility index (Phi) is 9.34. The Hall–Kier alpha value is -1.18. The van der Waals surface area contributed by atoms with E-state index in [9.17, 15) is 5.11 Å². The van der Waals surface area contributed by atoms with Crippen molar-refractivity contribution in [3.05, 3.63) is 22.3 Å². The number of phenols is 1. The van der Waals surface area contributed by atoms with Crippen LogP contribution in [-0.2, 0) is 0 Å². The van der Waals surface area contributed by atoms with E-state index in [-0.39, 0.29) is 5.60 Å². The summed E-state index contributed by atoms with van der Waals surface area (Å²) >= 11 is 0. The maximum Gasteiger partial charge on any atom is 0.127 e. The number of benzene rings is 1. The van der Waals surface area contributed by atoms with Crippen LogP contribution in [0, 0.1) is 38.5 Å². The van der Waals surface area contributed by atoms with Crippen LogP contribution in [0.5, 0.6) is 11.5 Å². The third-order valence-corrected chi connectivity index (χ3v) is 8.19. The summed E-state index contributed by atoms with van der Waals surface area (Å²) in [5.41, 5.74) is 4.13. The highest BCUT2D eigenvalue weighted by atomic mass is 16.5. The van der Waals surface area contributed by atoms with Gasteiger partial charge in [0.1, 0.15) is 17.1 Å². The number of rotatable bonds is 12. The van der Waals surface area contributed by atoms with E-state index in [1.807, 2.05) is 13.8 Å². The largest absolute Gasteiger partial charge is 0.507 e. The second kappa shape index (κ2) is 11.1. The number of fused-ring (bicyclic) bond motifs is 1. The third kappa shape index (κ3) is 6.42. The van der Waals surface area contributed by atoms with E-state index in [1.54, 1.807) is 0 Å². The molecule has 0 spiro atoms. The maximum absolute atomic E-state index is 10.5. The lowest BCUT2D eigenvalue weighted by molar-refractivity contribution is 0.0786. The van der Waals surface area contributed by atoms with Crippen molar-refractivity contribution in [3.8, 4) is 11.5 Å². The number of phenolic OH excluding ortho intramolecular Hbond substituents is 1. The van der Waals surface area contributed by atoms with Crippen LogP contribution in [0.3, 0.4) is 0 Å². The molecule has 2 nitrogen and oxygen atoms in total. The molecular weight excluding hydrogens is 380 g/mol. The van der Waals surface area contributed by atoms with Crippen LogP contribution in [0.1, 0.15) is 128 Å². The van der Waals surface area contributed by atoms with Crippen molar-refractivity contribution in [1.29, 1.82) is 0 Å². The summed E-state index contributed by atoms with van der Waals surface area (Å²) in [5.74, 6) is 4.30. The van der Waals surface area contributed by atoms with Gasteiger partial charge in [0, 0.05) is 11.5 Å². The van der Waals surface area contributed by atoms with E-state index in [0.29, 0.717) is 11.7 Å². The van der Waals surface area contributed by atoms with Crippen molar-refractivity contribution in [1.82, 2.24) is 0 Å². The zero-order valence-corrected chi connectivity index (χ0v) is 22.0. The fourth-order valence-corrected chi connectivity index (χ4v) is 5.46. The van der Waals surface area contributed by atoms with E-state index in [4.69, 9.17) is 4.74 Å². The summed E-state index contributed by atoms with van der Waals surface area (Å²) in [7, 11) is 0. The Morgan fingerprint density at radius 2 is 1.32 bits per heavy atom. The van der Waals surface area contributed by atoms with Crippen LogP contribution in [0.25, 0.3) is 0 Å². The Bertz CT molecular complexity index is 720. The molecule has 0 bridgehead atoms. The lowest BCUT2D eigenvalue weighted by Crippen LogP contribution is -2.33. The van der Waals surface area contributed by atoms with Gasteiger partial charge in [-0.25, -0.2) is 0 Å². The van der Waals surface area contributed by atoms with Gasteiger partial charge in [-0.3, -0.25) is 0 Å². The highest BCUT2D eigenvalue weighted by Crippen LogP contribution is 2.52. The molecule has 1 N–H and O–H groups in total. The number of hydrogen-bond acceptors (Lipinski definition) is 2. The van der Waals surface area contributed by atoms with E-state index >= 15 is 0 Å². The SMILES string of the molecule is Cc1c(C)c2c(c(C)c1O)C(C)C(C)(CCCC(C)CCCC(C)CCCC(C)C)O2. The van der Waals surface area contributed by atoms with Gasteiger partial charge in [-0.2, -0.15) is 0 Å². The van der Waals surface area contributed by atoms with Crippen LogP contribution in [0.2, 0.25) is 0 Å². The molecule has 0 amide bonds. The molecule has 1 aromatic rings. The van der Waals surface area contributed by atoms with Crippen molar-refractivity contribution in [2.45, 2.75) is 132 Å². The fraction of sp³-hybridized carbons (Fsp3) is 0.793. The average molecular weight is 431 g/mol. The molecular formula is C29H50O2. The van der Waals surface area contributed by atoms with Crippen molar-refractivity contribution in [3.63, 3.8) is 0 Å². The Morgan fingerprint density at radius 1 is 0.806 bits per heavy atom. The Balaban J connectivity index is 1.78. The first kappa shape index (κ1) is 26.1.